The van der Waals surface area contributed by atoms with E-state index in [1.165, 1.54) is 12.3 Å². The van der Waals surface area contributed by atoms with Gasteiger partial charge in [-0.05, 0) is 25.8 Å². The Hall–Kier alpha value is -2.74. The third-order valence-electron chi connectivity index (χ3n) is 5.34. The fraction of sp³-hybridized carbons (Fsp3) is 0.500. The molecule has 2 aromatic rings. The average Bonchev–Trinajstić information content (AvgIpc) is 2.74. The van der Waals surface area contributed by atoms with Gasteiger partial charge < -0.3 is 19.5 Å². The number of nitrogens with one attached hydrogen (secondary N) is 1. The third-order valence-corrected chi connectivity index (χ3v) is 5.34. The molecule has 0 bridgehead atoms. The van der Waals surface area contributed by atoms with E-state index in [-0.39, 0.29) is 17.4 Å². The van der Waals surface area contributed by atoms with Crippen LogP contribution < -0.4 is 10.5 Å². The Morgan fingerprint density at radius 3 is 2.79 bits per heavy atom. The maximum absolute atomic E-state index is 12.8. The molecule has 2 fully saturated rings. The molecule has 1 atom stereocenters. The summed E-state index contributed by atoms with van der Waals surface area (Å²) < 4.78 is 5.44. The number of H-pyrrole nitrogens is 1. The number of aromatic nitrogens is 3. The maximum Gasteiger partial charge on any atom is 0.255 e. The number of rotatable bonds is 3. The Labute approximate surface area is 163 Å². The molecule has 8 heteroatoms. The molecule has 2 aliphatic rings. The predicted octanol–water partition coefficient (Wildman–Crippen LogP) is 1.33. The number of piperidine rings is 1. The summed E-state index contributed by atoms with van der Waals surface area (Å²) >= 11 is 0. The number of aryl methyl sites for hydroxylation is 1. The summed E-state index contributed by atoms with van der Waals surface area (Å²) in [6, 6.07) is 5.03. The molecule has 1 unspecified atom stereocenters. The number of amides is 1. The molecular formula is C20H25N5O3. The zero-order chi connectivity index (χ0) is 19.5. The van der Waals surface area contributed by atoms with Crippen LogP contribution >= 0.6 is 0 Å². The van der Waals surface area contributed by atoms with Crippen LogP contribution in [-0.4, -0.2) is 65.2 Å². The number of aromatic amines is 1. The van der Waals surface area contributed by atoms with Crippen molar-refractivity contribution in [2.75, 3.05) is 44.3 Å². The van der Waals surface area contributed by atoms with Crippen molar-refractivity contribution in [3.8, 4) is 0 Å². The number of anilines is 1. The van der Waals surface area contributed by atoms with E-state index in [9.17, 15) is 9.59 Å². The second kappa shape index (κ2) is 8.10. The van der Waals surface area contributed by atoms with Gasteiger partial charge in [0.05, 0.1) is 24.5 Å². The Kier molecular flexibility index (Phi) is 5.38. The standard InChI is InChI=1S/C20H25N5O3/c1-14-22-17(11-18(23-14)24-7-9-28-10-8-24)16-3-2-6-25(13-16)20(27)15-4-5-19(26)21-12-15/h4-5,11-12,16H,2-3,6-10,13H2,1H3,(H,21,26). The summed E-state index contributed by atoms with van der Waals surface area (Å²) in [4.78, 5) is 40.0. The lowest BCUT2D eigenvalue weighted by atomic mass is 9.94. The number of hydrogen-bond acceptors (Lipinski definition) is 6. The normalized spacial score (nSPS) is 20.2. The Morgan fingerprint density at radius 1 is 1.21 bits per heavy atom. The predicted molar refractivity (Wildman–Crippen MR) is 105 cm³/mol. The highest BCUT2D eigenvalue weighted by Crippen LogP contribution is 2.28. The van der Waals surface area contributed by atoms with E-state index in [0.29, 0.717) is 25.3 Å². The van der Waals surface area contributed by atoms with Crippen molar-refractivity contribution in [3.05, 3.63) is 51.8 Å². The number of ether oxygens (including phenoxy) is 1. The third kappa shape index (κ3) is 4.06. The number of pyridine rings is 1. The summed E-state index contributed by atoms with van der Waals surface area (Å²) in [6.45, 7) is 6.34. The lowest BCUT2D eigenvalue weighted by molar-refractivity contribution is 0.0705. The first kappa shape index (κ1) is 18.6. The first-order chi connectivity index (χ1) is 13.6. The molecule has 4 rings (SSSR count). The molecular weight excluding hydrogens is 358 g/mol. The summed E-state index contributed by atoms with van der Waals surface area (Å²) in [5, 5.41) is 0. The number of carbonyl (C=O) groups excluding carboxylic acids is 1. The molecule has 0 radical (unpaired) electrons. The highest BCUT2D eigenvalue weighted by Gasteiger charge is 2.27. The second-order valence-corrected chi connectivity index (χ2v) is 7.33. The quantitative estimate of drug-likeness (QED) is 0.860. The molecule has 1 N–H and O–H groups in total. The van der Waals surface area contributed by atoms with Crippen molar-refractivity contribution in [1.82, 2.24) is 19.9 Å². The molecule has 2 aromatic heterocycles. The molecule has 2 aliphatic heterocycles. The molecule has 148 valence electrons. The average molecular weight is 383 g/mol. The van der Waals surface area contributed by atoms with E-state index in [0.717, 1.165) is 49.8 Å². The van der Waals surface area contributed by atoms with Crippen molar-refractivity contribution < 1.29 is 9.53 Å². The van der Waals surface area contributed by atoms with Crippen LogP contribution in [0.15, 0.2) is 29.2 Å². The molecule has 0 aliphatic carbocycles. The van der Waals surface area contributed by atoms with Gasteiger partial charge in [0.1, 0.15) is 11.6 Å². The van der Waals surface area contributed by atoms with Gasteiger partial charge in [0.25, 0.3) is 5.91 Å². The van der Waals surface area contributed by atoms with Crippen LogP contribution in [0.2, 0.25) is 0 Å². The highest BCUT2D eigenvalue weighted by molar-refractivity contribution is 5.94. The van der Waals surface area contributed by atoms with Gasteiger partial charge in [0.2, 0.25) is 5.56 Å². The van der Waals surface area contributed by atoms with Crippen LogP contribution in [0.5, 0.6) is 0 Å². The van der Waals surface area contributed by atoms with E-state index in [2.05, 4.69) is 25.9 Å². The molecule has 0 spiro atoms. The Morgan fingerprint density at radius 2 is 2.04 bits per heavy atom. The molecule has 0 saturated carbocycles. The zero-order valence-electron chi connectivity index (χ0n) is 16.1. The minimum absolute atomic E-state index is 0.0554. The number of carbonyl (C=O) groups is 1. The number of likely N-dealkylation sites (tertiary alicyclic amines) is 1. The van der Waals surface area contributed by atoms with Gasteiger partial charge in [-0.15, -0.1) is 0 Å². The van der Waals surface area contributed by atoms with E-state index < -0.39 is 0 Å². The first-order valence-corrected chi connectivity index (χ1v) is 9.76. The smallest absolute Gasteiger partial charge is 0.255 e. The number of nitrogens with zero attached hydrogens (tertiary/aromatic N) is 4. The molecule has 0 aromatic carbocycles. The van der Waals surface area contributed by atoms with Crippen LogP contribution in [0.25, 0.3) is 0 Å². The van der Waals surface area contributed by atoms with E-state index >= 15 is 0 Å². The van der Waals surface area contributed by atoms with Gasteiger partial charge in [-0.1, -0.05) is 0 Å². The lowest BCUT2D eigenvalue weighted by Gasteiger charge is -2.33. The van der Waals surface area contributed by atoms with Crippen LogP contribution in [-0.2, 0) is 4.74 Å². The van der Waals surface area contributed by atoms with Crippen molar-refractivity contribution in [3.63, 3.8) is 0 Å². The number of morpholine rings is 1. The van der Waals surface area contributed by atoms with Gasteiger partial charge in [0, 0.05) is 50.4 Å². The van der Waals surface area contributed by atoms with Crippen molar-refractivity contribution >= 4 is 11.7 Å². The summed E-state index contributed by atoms with van der Waals surface area (Å²) in [5.74, 6) is 1.82. The Balaban J connectivity index is 1.52. The maximum atomic E-state index is 12.8. The summed E-state index contributed by atoms with van der Waals surface area (Å²) in [7, 11) is 0. The first-order valence-electron chi connectivity index (χ1n) is 9.76. The summed E-state index contributed by atoms with van der Waals surface area (Å²) in [6.07, 6.45) is 3.41. The van der Waals surface area contributed by atoms with Crippen LogP contribution in [0.1, 0.15) is 40.6 Å². The van der Waals surface area contributed by atoms with Crippen LogP contribution in [0, 0.1) is 6.92 Å². The lowest BCUT2D eigenvalue weighted by Crippen LogP contribution is -2.40. The number of hydrogen-bond donors (Lipinski definition) is 1. The minimum atomic E-state index is -0.208. The molecule has 4 heterocycles. The van der Waals surface area contributed by atoms with E-state index in [4.69, 9.17) is 4.74 Å². The van der Waals surface area contributed by atoms with Crippen molar-refractivity contribution in [2.24, 2.45) is 0 Å². The summed E-state index contributed by atoms with van der Waals surface area (Å²) in [5.41, 5.74) is 1.29. The van der Waals surface area contributed by atoms with Gasteiger partial charge in [0.15, 0.2) is 0 Å². The fourth-order valence-electron chi connectivity index (χ4n) is 3.87. The SMILES string of the molecule is Cc1nc(C2CCCN(C(=O)c3ccc(=O)[nH]c3)C2)cc(N2CCOCC2)n1. The molecule has 2 saturated heterocycles. The highest BCUT2D eigenvalue weighted by atomic mass is 16.5. The molecule has 8 nitrogen and oxygen atoms in total. The zero-order valence-corrected chi connectivity index (χ0v) is 16.1. The van der Waals surface area contributed by atoms with Crippen molar-refractivity contribution in [1.29, 1.82) is 0 Å². The van der Waals surface area contributed by atoms with Gasteiger partial charge in [-0.3, -0.25) is 9.59 Å². The Bertz CT molecular complexity index is 886. The van der Waals surface area contributed by atoms with Crippen molar-refractivity contribution in [2.45, 2.75) is 25.7 Å². The molecule has 1 amide bonds. The second-order valence-electron chi connectivity index (χ2n) is 7.33. The van der Waals surface area contributed by atoms with Gasteiger partial charge in [-0.25, -0.2) is 9.97 Å². The fourth-order valence-corrected chi connectivity index (χ4v) is 3.87. The van der Waals surface area contributed by atoms with Crippen LogP contribution in [0.4, 0.5) is 5.82 Å². The van der Waals surface area contributed by atoms with E-state index in [1.54, 1.807) is 6.07 Å². The van der Waals surface area contributed by atoms with Gasteiger partial charge >= 0.3 is 0 Å². The minimum Gasteiger partial charge on any atom is -0.378 e. The van der Waals surface area contributed by atoms with Crippen LogP contribution in [0.3, 0.4) is 0 Å². The topological polar surface area (TPSA) is 91.4 Å². The largest absolute Gasteiger partial charge is 0.378 e. The molecule has 28 heavy (non-hydrogen) atoms. The van der Waals surface area contributed by atoms with Gasteiger partial charge in [-0.2, -0.15) is 0 Å². The van der Waals surface area contributed by atoms with E-state index in [1.807, 2.05) is 11.8 Å². The monoisotopic (exact) mass is 383 g/mol.